The molecule has 0 atom stereocenters. The standard InChI is InChI=1S/C25H21ClO4/c1-3-28-21-11-7-5-8-17(21)13-23-25(27)24-16(2)12-19(14-22(24)30-23)29-15-18-9-4-6-10-20(18)26/h4-14H,3,15H2,1-2H3/b23-13-. The number of carbonyl (C=O) groups excluding carboxylic acids is 1. The molecule has 1 heterocycles. The SMILES string of the molecule is CCOc1ccccc1/C=C1\Oc2cc(OCc3ccccc3Cl)cc(C)c2C1=O. The number of fused-ring (bicyclic) bond motifs is 1. The fraction of sp³-hybridized carbons (Fsp3) is 0.160. The summed E-state index contributed by atoms with van der Waals surface area (Å²) in [7, 11) is 0. The lowest BCUT2D eigenvalue weighted by Gasteiger charge is -2.10. The van der Waals surface area contributed by atoms with Crippen LogP contribution in [-0.2, 0) is 6.61 Å². The lowest BCUT2D eigenvalue weighted by molar-refractivity contribution is 0.101. The summed E-state index contributed by atoms with van der Waals surface area (Å²) < 4.78 is 17.5. The molecule has 30 heavy (non-hydrogen) atoms. The first-order chi connectivity index (χ1) is 14.6. The van der Waals surface area contributed by atoms with E-state index in [4.69, 9.17) is 25.8 Å². The molecule has 4 nitrogen and oxygen atoms in total. The highest BCUT2D eigenvalue weighted by atomic mass is 35.5. The van der Waals surface area contributed by atoms with Gasteiger partial charge in [0.15, 0.2) is 5.76 Å². The maximum Gasteiger partial charge on any atom is 0.232 e. The van der Waals surface area contributed by atoms with Crippen molar-refractivity contribution < 1.29 is 19.0 Å². The van der Waals surface area contributed by atoms with Crippen LogP contribution in [0.3, 0.4) is 0 Å². The molecule has 3 aromatic carbocycles. The highest BCUT2D eigenvalue weighted by molar-refractivity contribution is 6.31. The number of allylic oxidation sites excluding steroid dienone is 1. The van der Waals surface area contributed by atoms with Gasteiger partial charge in [-0.25, -0.2) is 0 Å². The van der Waals surface area contributed by atoms with Crippen LogP contribution in [0.1, 0.15) is 34.0 Å². The van der Waals surface area contributed by atoms with Crippen molar-refractivity contribution in [1.82, 2.24) is 0 Å². The molecule has 0 radical (unpaired) electrons. The van der Waals surface area contributed by atoms with Crippen LogP contribution in [0, 0.1) is 6.92 Å². The normalized spacial score (nSPS) is 13.8. The topological polar surface area (TPSA) is 44.8 Å². The van der Waals surface area contributed by atoms with Crippen LogP contribution in [0.5, 0.6) is 17.2 Å². The Morgan fingerprint density at radius 1 is 1.03 bits per heavy atom. The highest BCUT2D eigenvalue weighted by Crippen LogP contribution is 2.38. The van der Waals surface area contributed by atoms with Crippen LogP contribution >= 0.6 is 11.6 Å². The van der Waals surface area contributed by atoms with Gasteiger partial charge in [0.25, 0.3) is 0 Å². The molecule has 0 aliphatic carbocycles. The molecular formula is C25H21ClO4. The van der Waals surface area contributed by atoms with Crippen LogP contribution in [0.2, 0.25) is 5.02 Å². The third-order valence-electron chi connectivity index (χ3n) is 4.80. The average Bonchev–Trinajstić information content (AvgIpc) is 3.05. The van der Waals surface area contributed by atoms with Gasteiger partial charge in [-0.2, -0.15) is 0 Å². The lowest BCUT2D eigenvalue weighted by atomic mass is 10.0. The molecule has 0 spiro atoms. The Bertz CT molecular complexity index is 1130. The molecule has 0 saturated heterocycles. The monoisotopic (exact) mass is 420 g/mol. The molecule has 152 valence electrons. The fourth-order valence-corrected chi connectivity index (χ4v) is 3.56. The van der Waals surface area contributed by atoms with E-state index in [9.17, 15) is 4.79 Å². The molecular weight excluding hydrogens is 400 g/mol. The van der Waals surface area contributed by atoms with Gasteiger partial charge in [0.1, 0.15) is 23.9 Å². The first kappa shape index (κ1) is 20.0. The van der Waals surface area contributed by atoms with E-state index in [1.54, 1.807) is 12.1 Å². The summed E-state index contributed by atoms with van der Waals surface area (Å²) in [5, 5.41) is 0.653. The van der Waals surface area contributed by atoms with Gasteiger partial charge in [-0.15, -0.1) is 0 Å². The van der Waals surface area contributed by atoms with Gasteiger partial charge in [-0.1, -0.05) is 48.0 Å². The molecule has 0 fully saturated rings. The Morgan fingerprint density at radius 3 is 2.60 bits per heavy atom. The largest absolute Gasteiger partial charge is 0.493 e. The van der Waals surface area contributed by atoms with E-state index in [-0.39, 0.29) is 11.5 Å². The van der Waals surface area contributed by atoms with Gasteiger partial charge < -0.3 is 14.2 Å². The minimum atomic E-state index is -0.147. The van der Waals surface area contributed by atoms with E-state index in [1.165, 1.54) is 0 Å². The van der Waals surface area contributed by atoms with Gasteiger partial charge >= 0.3 is 0 Å². The quantitative estimate of drug-likeness (QED) is 0.442. The Labute approximate surface area is 180 Å². The van der Waals surface area contributed by atoms with Gasteiger partial charge in [0.2, 0.25) is 5.78 Å². The minimum absolute atomic E-state index is 0.147. The van der Waals surface area contributed by atoms with E-state index in [0.717, 1.165) is 16.7 Å². The van der Waals surface area contributed by atoms with Crippen LogP contribution in [0.25, 0.3) is 6.08 Å². The molecule has 1 aliphatic heterocycles. The zero-order valence-corrected chi connectivity index (χ0v) is 17.5. The third-order valence-corrected chi connectivity index (χ3v) is 5.17. The van der Waals surface area contributed by atoms with Gasteiger partial charge in [-0.05, 0) is 43.7 Å². The van der Waals surface area contributed by atoms with Crippen molar-refractivity contribution in [2.75, 3.05) is 6.61 Å². The smallest absolute Gasteiger partial charge is 0.232 e. The molecule has 0 aromatic heterocycles. The molecule has 0 saturated carbocycles. The Hall–Kier alpha value is -3.24. The predicted molar refractivity (Wildman–Crippen MR) is 118 cm³/mol. The van der Waals surface area contributed by atoms with Crippen molar-refractivity contribution >= 4 is 23.5 Å². The number of rotatable bonds is 6. The van der Waals surface area contributed by atoms with Crippen molar-refractivity contribution in [2.24, 2.45) is 0 Å². The highest BCUT2D eigenvalue weighted by Gasteiger charge is 2.30. The molecule has 5 heteroatoms. The number of hydrogen-bond acceptors (Lipinski definition) is 4. The van der Waals surface area contributed by atoms with Crippen LogP contribution in [-0.4, -0.2) is 12.4 Å². The maximum atomic E-state index is 12.9. The van der Waals surface area contributed by atoms with E-state index in [2.05, 4.69) is 0 Å². The summed E-state index contributed by atoms with van der Waals surface area (Å²) >= 11 is 6.20. The van der Waals surface area contributed by atoms with Crippen LogP contribution in [0.4, 0.5) is 0 Å². The minimum Gasteiger partial charge on any atom is -0.493 e. The zero-order chi connectivity index (χ0) is 21.1. The second kappa shape index (κ2) is 8.64. The van der Waals surface area contributed by atoms with E-state index in [1.807, 2.05) is 68.4 Å². The predicted octanol–water partition coefficient (Wildman–Crippen LogP) is 6.24. The number of halogens is 1. The summed E-state index contributed by atoms with van der Waals surface area (Å²) in [6.07, 6.45) is 1.72. The summed E-state index contributed by atoms with van der Waals surface area (Å²) in [4.78, 5) is 12.9. The average molecular weight is 421 g/mol. The summed E-state index contributed by atoms with van der Waals surface area (Å²) in [6, 6.07) is 18.7. The van der Waals surface area contributed by atoms with E-state index in [0.29, 0.717) is 41.0 Å². The number of benzene rings is 3. The fourth-order valence-electron chi connectivity index (χ4n) is 3.37. The maximum absolute atomic E-state index is 12.9. The molecule has 0 unspecified atom stereocenters. The summed E-state index contributed by atoms with van der Waals surface area (Å²) in [5.41, 5.74) is 3.04. The first-order valence-corrected chi connectivity index (χ1v) is 10.1. The van der Waals surface area contributed by atoms with Gasteiger partial charge in [0.05, 0.1) is 12.2 Å². The first-order valence-electron chi connectivity index (χ1n) is 9.73. The van der Waals surface area contributed by atoms with Crippen molar-refractivity contribution in [1.29, 1.82) is 0 Å². The third kappa shape index (κ3) is 4.05. The molecule has 0 N–H and O–H groups in total. The Morgan fingerprint density at radius 2 is 1.80 bits per heavy atom. The number of para-hydroxylation sites is 1. The van der Waals surface area contributed by atoms with Gasteiger partial charge in [-0.3, -0.25) is 4.79 Å². The number of hydrogen-bond donors (Lipinski definition) is 0. The second-order valence-corrected chi connectivity index (χ2v) is 7.31. The van der Waals surface area contributed by atoms with Crippen molar-refractivity contribution in [3.8, 4) is 17.2 Å². The molecule has 1 aliphatic rings. The van der Waals surface area contributed by atoms with E-state index < -0.39 is 0 Å². The Balaban J connectivity index is 1.59. The van der Waals surface area contributed by atoms with Crippen LogP contribution < -0.4 is 14.2 Å². The summed E-state index contributed by atoms with van der Waals surface area (Å²) in [6.45, 7) is 4.67. The molecule has 0 bridgehead atoms. The van der Waals surface area contributed by atoms with Crippen molar-refractivity contribution in [2.45, 2.75) is 20.5 Å². The molecule has 0 amide bonds. The number of ether oxygens (including phenoxy) is 3. The van der Waals surface area contributed by atoms with Crippen LogP contribution in [0.15, 0.2) is 66.4 Å². The van der Waals surface area contributed by atoms with Gasteiger partial charge in [0, 0.05) is 22.2 Å². The molecule has 3 aromatic rings. The van der Waals surface area contributed by atoms with E-state index >= 15 is 0 Å². The lowest BCUT2D eigenvalue weighted by Crippen LogP contribution is -2.01. The zero-order valence-electron chi connectivity index (χ0n) is 16.8. The molecule has 4 rings (SSSR count). The van der Waals surface area contributed by atoms with Crippen molar-refractivity contribution in [3.63, 3.8) is 0 Å². The second-order valence-electron chi connectivity index (χ2n) is 6.90. The number of aryl methyl sites for hydroxylation is 1. The number of Topliss-reactive ketones (excluding diaryl/α,β-unsaturated/α-hetero) is 1. The van der Waals surface area contributed by atoms with Crippen molar-refractivity contribution in [3.05, 3.63) is 93.7 Å². The number of ketones is 1. The number of carbonyl (C=O) groups is 1. The summed E-state index contributed by atoms with van der Waals surface area (Å²) in [5.74, 6) is 1.94. The Kier molecular flexibility index (Phi) is 5.77.